The second-order valence-electron chi connectivity index (χ2n) is 11.4. The van der Waals surface area contributed by atoms with Crippen molar-refractivity contribution in [3.8, 4) is 21.7 Å². The molecule has 0 saturated heterocycles. The standard InChI is InChI=1S/C31H33NSSi/c1-20-25-16-17-32-28(23-18-22-10-8-9-11-26(22)27(19-23)31(2,3)4)30(25)33-29(20)21-12-14-24(15-13-21)34(5,6)7/h8-19H,1-7H3. The first-order valence-electron chi connectivity index (χ1n) is 12.1. The normalized spacial score (nSPS) is 12.6. The number of benzene rings is 3. The van der Waals surface area contributed by atoms with E-state index in [4.69, 9.17) is 4.98 Å². The number of aromatic nitrogens is 1. The Hall–Kier alpha value is -2.75. The van der Waals surface area contributed by atoms with Crippen molar-refractivity contribution in [3.63, 3.8) is 0 Å². The number of rotatable bonds is 3. The van der Waals surface area contributed by atoms with Crippen molar-refractivity contribution in [2.24, 2.45) is 0 Å². The highest BCUT2D eigenvalue weighted by Crippen LogP contribution is 2.43. The van der Waals surface area contributed by atoms with Gasteiger partial charge in [-0.15, -0.1) is 11.3 Å². The first kappa shape index (κ1) is 23.0. The highest BCUT2D eigenvalue weighted by molar-refractivity contribution is 7.23. The number of fused-ring (bicyclic) bond motifs is 2. The van der Waals surface area contributed by atoms with Crippen molar-refractivity contribution >= 4 is 45.5 Å². The maximum Gasteiger partial charge on any atom is 0.0880 e. The summed E-state index contributed by atoms with van der Waals surface area (Å²) in [7, 11) is -1.31. The van der Waals surface area contributed by atoms with Gasteiger partial charge in [0.05, 0.1) is 18.5 Å². The fourth-order valence-corrected chi connectivity index (χ4v) is 7.30. The molecule has 0 N–H and O–H groups in total. The molecule has 0 saturated carbocycles. The Bertz CT molecular complexity index is 1510. The van der Waals surface area contributed by atoms with E-state index in [1.165, 1.54) is 53.2 Å². The van der Waals surface area contributed by atoms with Crippen molar-refractivity contribution in [1.82, 2.24) is 4.98 Å². The molecule has 0 aliphatic rings. The highest BCUT2D eigenvalue weighted by atomic mass is 32.1. The Kier molecular flexibility index (Phi) is 5.53. The molecular weight excluding hydrogens is 447 g/mol. The van der Waals surface area contributed by atoms with E-state index in [-0.39, 0.29) is 5.41 Å². The van der Waals surface area contributed by atoms with E-state index in [0.717, 1.165) is 5.69 Å². The summed E-state index contributed by atoms with van der Waals surface area (Å²) in [5, 5.41) is 5.42. The van der Waals surface area contributed by atoms with E-state index in [9.17, 15) is 0 Å². The summed E-state index contributed by atoms with van der Waals surface area (Å²) < 4.78 is 1.28. The lowest BCUT2D eigenvalue weighted by molar-refractivity contribution is 0.596. The molecule has 2 aromatic heterocycles. The Morgan fingerprint density at radius 3 is 2.18 bits per heavy atom. The molecule has 0 fully saturated rings. The van der Waals surface area contributed by atoms with Crippen molar-refractivity contribution in [2.75, 3.05) is 0 Å². The zero-order chi connectivity index (χ0) is 24.3. The molecule has 172 valence electrons. The summed E-state index contributed by atoms with van der Waals surface area (Å²) in [5.41, 5.74) is 6.37. The van der Waals surface area contributed by atoms with Crippen LogP contribution in [-0.2, 0) is 5.41 Å². The largest absolute Gasteiger partial charge is 0.255 e. The summed E-state index contributed by atoms with van der Waals surface area (Å²) in [4.78, 5) is 6.27. The first-order chi connectivity index (χ1) is 16.0. The molecule has 2 heterocycles. The molecule has 0 aliphatic carbocycles. The van der Waals surface area contributed by atoms with Gasteiger partial charge in [-0.25, -0.2) is 0 Å². The summed E-state index contributed by atoms with van der Waals surface area (Å²) in [6, 6.07) is 24.9. The molecule has 5 rings (SSSR count). The molecule has 0 aliphatic heterocycles. The van der Waals surface area contributed by atoms with Gasteiger partial charge in [0.15, 0.2) is 0 Å². The van der Waals surface area contributed by atoms with Gasteiger partial charge in [-0.3, -0.25) is 4.98 Å². The van der Waals surface area contributed by atoms with Crippen LogP contribution in [0.2, 0.25) is 19.6 Å². The van der Waals surface area contributed by atoms with Gasteiger partial charge in [0.1, 0.15) is 0 Å². The average Bonchev–Trinajstić information content (AvgIpc) is 3.14. The van der Waals surface area contributed by atoms with Crippen LogP contribution in [0.4, 0.5) is 0 Å². The molecule has 0 atom stereocenters. The van der Waals surface area contributed by atoms with Crippen LogP contribution in [0.3, 0.4) is 0 Å². The van der Waals surface area contributed by atoms with Crippen LogP contribution in [0.5, 0.6) is 0 Å². The Balaban J connectivity index is 1.70. The zero-order valence-electron chi connectivity index (χ0n) is 21.3. The predicted octanol–water partition coefficient (Wildman–Crippen LogP) is 8.93. The van der Waals surface area contributed by atoms with Gasteiger partial charge < -0.3 is 0 Å². The Labute approximate surface area is 208 Å². The predicted molar refractivity (Wildman–Crippen MR) is 154 cm³/mol. The van der Waals surface area contributed by atoms with Gasteiger partial charge in [-0.2, -0.15) is 0 Å². The summed E-state index contributed by atoms with van der Waals surface area (Å²) in [6.07, 6.45) is 1.97. The molecule has 34 heavy (non-hydrogen) atoms. The van der Waals surface area contributed by atoms with Gasteiger partial charge >= 0.3 is 0 Å². The third kappa shape index (κ3) is 4.01. The molecule has 0 amide bonds. The number of hydrogen-bond acceptors (Lipinski definition) is 2. The maximum absolute atomic E-state index is 4.92. The van der Waals surface area contributed by atoms with E-state index < -0.39 is 8.07 Å². The molecule has 3 aromatic carbocycles. The fraction of sp³-hybridized carbons (Fsp3) is 0.258. The highest BCUT2D eigenvalue weighted by Gasteiger charge is 2.21. The lowest BCUT2D eigenvalue weighted by Crippen LogP contribution is -2.37. The van der Waals surface area contributed by atoms with Crippen molar-refractivity contribution in [3.05, 3.63) is 84.1 Å². The minimum atomic E-state index is -1.31. The molecular formula is C31H33NSSi. The molecule has 0 spiro atoms. The van der Waals surface area contributed by atoms with E-state index in [2.05, 4.69) is 114 Å². The van der Waals surface area contributed by atoms with Gasteiger partial charge in [0.25, 0.3) is 0 Å². The van der Waals surface area contributed by atoms with Crippen molar-refractivity contribution in [2.45, 2.75) is 52.8 Å². The number of nitrogens with zero attached hydrogens (tertiary/aromatic N) is 1. The van der Waals surface area contributed by atoms with Crippen LogP contribution in [-0.4, -0.2) is 13.1 Å². The smallest absolute Gasteiger partial charge is 0.0880 e. The second kappa shape index (κ2) is 8.18. The number of hydrogen-bond donors (Lipinski definition) is 0. The molecule has 0 bridgehead atoms. The Morgan fingerprint density at radius 1 is 0.794 bits per heavy atom. The van der Waals surface area contributed by atoms with E-state index >= 15 is 0 Å². The third-order valence-electron chi connectivity index (χ3n) is 6.81. The van der Waals surface area contributed by atoms with E-state index in [1.807, 2.05) is 17.5 Å². The number of thiophene rings is 1. The van der Waals surface area contributed by atoms with Crippen LogP contribution in [0.1, 0.15) is 31.9 Å². The molecule has 1 nitrogen and oxygen atoms in total. The minimum absolute atomic E-state index is 0.0537. The zero-order valence-corrected chi connectivity index (χ0v) is 23.1. The Morgan fingerprint density at radius 2 is 1.50 bits per heavy atom. The van der Waals surface area contributed by atoms with Gasteiger partial charge in [0, 0.05) is 16.6 Å². The van der Waals surface area contributed by atoms with Gasteiger partial charge in [-0.1, -0.05) is 94.1 Å². The van der Waals surface area contributed by atoms with Crippen LogP contribution in [0, 0.1) is 6.92 Å². The summed E-state index contributed by atoms with van der Waals surface area (Å²) in [5.74, 6) is 0. The van der Waals surface area contributed by atoms with Gasteiger partial charge in [0.2, 0.25) is 0 Å². The first-order valence-corrected chi connectivity index (χ1v) is 16.4. The SMILES string of the molecule is Cc1c(-c2ccc([Si](C)(C)C)cc2)sc2c(-c3cc(C(C)(C)C)c4ccccc4c3)nccc12. The van der Waals surface area contributed by atoms with Crippen molar-refractivity contribution in [1.29, 1.82) is 0 Å². The number of pyridine rings is 1. The maximum atomic E-state index is 4.92. The van der Waals surface area contributed by atoms with Crippen LogP contribution in [0.15, 0.2) is 72.9 Å². The van der Waals surface area contributed by atoms with Crippen LogP contribution >= 0.6 is 11.3 Å². The summed E-state index contributed by atoms with van der Waals surface area (Å²) in [6.45, 7) is 16.4. The molecule has 0 radical (unpaired) electrons. The average molecular weight is 480 g/mol. The minimum Gasteiger partial charge on any atom is -0.255 e. The molecule has 0 unspecified atom stereocenters. The monoisotopic (exact) mass is 479 g/mol. The molecule has 5 aromatic rings. The van der Waals surface area contributed by atoms with Crippen LogP contribution in [0.25, 0.3) is 42.6 Å². The topological polar surface area (TPSA) is 12.9 Å². The van der Waals surface area contributed by atoms with E-state index in [0.29, 0.717) is 0 Å². The lowest BCUT2D eigenvalue weighted by Gasteiger charge is -2.22. The van der Waals surface area contributed by atoms with Gasteiger partial charge in [-0.05, 0) is 63.4 Å². The fourth-order valence-electron chi connectivity index (χ4n) is 4.82. The quantitative estimate of drug-likeness (QED) is 0.235. The third-order valence-corrected chi connectivity index (χ3v) is 10.2. The van der Waals surface area contributed by atoms with Crippen molar-refractivity contribution < 1.29 is 0 Å². The second-order valence-corrected chi connectivity index (χ2v) is 17.5. The van der Waals surface area contributed by atoms with Crippen LogP contribution < -0.4 is 5.19 Å². The lowest BCUT2D eigenvalue weighted by atomic mass is 9.82. The molecule has 3 heteroatoms. The summed E-state index contributed by atoms with van der Waals surface area (Å²) >= 11 is 1.88. The number of aryl methyl sites for hydroxylation is 1. The van der Waals surface area contributed by atoms with E-state index in [1.54, 1.807) is 0 Å².